The fraction of sp³-hybridized carbons (Fsp3) is 0.257. The fourth-order valence-electron chi connectivity index (χ4n) is 6.51. The van der Waals surface area contributed by atoms with E-state index < -0.39 is 5.82 Å². The molecule has 45 heavy (non-hydrogen) atoms. The van der Waals surface area contributed by atoms with Gasteiger partial charge in [0.05, 0.1) is 30.5 Å². The molecule has 0 aliphatic carbocycles. The first-order valence-electron chi connectivity index (χ1n) is 15.1. The molecule has 10 heteroatoms. The molecule has 1 fully saturated rings. The van der Waals surface area contributed by atoms with Crippen LogP contribution in [-0.4, -0.2) is 58.1 Å². The molecule has 2 atom stereocenters. The van der Waals surface area contributed by atoms with Gasteiger partial charge in [-0.2, -0.15) is 5.10 Å². The van der Waals surface area contributed by atoms with Crippen molar-refractivity contribution in [2.75, 3.05) is 31.6 Å². The van der Waals surface area contributed by atoms with Gasteiger partial charge in [0.15, 0.2) is 5.65 Å². The molecule has 7 rings (SSSR count). The second-order valence-corrected chi connectivity index (χ2v) is 11.7. The van der Waals surface area contributed by atoms with Crippen molar-refractivity contribution >= 4 is 23.1 Å². The number of nitrogens with two attached hydrogens (primary N) is 1. The third-order valence-corrected chi connectivity index (χ3v) is 9.07. The van der Waals surface area contributed by atoms with Crippen molar-refractivity contribution in [3.8, 4) is 28.3 Å². The summed E-state index contributed by atoms with van der Waals surface area (Å²) >= 11 is 0. The van der Waals surface area contributed by atoms with Gasteiger partial charge in [-0.3, -0.25) is 9.59 Å². The number of rotatable bonds is 6. The third kappa shape index (κ3) is 5.16. The molecule has 2 N–H and O–H groups in total. The Morgan fingerprint density at radius 3 is 2.53 bits per heavy atom. The summed E-state index contributed by atoms with van der Waals surface area (Å²) in [6, 6.07) is 24.0. The lowest BCUT2D eigenvalue weighted by molar-refractivity contribution is -0.121. The monoisotopic (exact) mass is 604 g/mol. The SMILES string of the molecule is COc1ccc(-c2cc(C(=O)N3CCc4ccccc4[C@H]3C)nc3cc(-c4ccc(N5CC[C@H](C(N)=O)C5)cc4F)nn23)cc1. The molecule has 0 saturated carbocycles. The molecule has 0 spiro atoms. The summed E-state index contributed by atoms with van der Waals surface area (Å²) in [5, 5.41) is 4.77. The molecule has 2 aromatic heterocycles. The molecular formula is C35H33FN6O3. The van der Waals surface area contributed by atoms with Gasteiger partial charge in [-0.25, -0.2) is 13.9 Å². The quantitative estimate of drug-likeness (QED) is 0.283. The number of nitrogens with zero attached hydrogens (tertiary/aromatic N) is 5. The number of aromatic nitrogens is 3. The maximum atomic E-state index is 15.6. The van der Waals surface area contributed by atoms with E-state index >= 15 is 4.39 Å². The molecule has 3 aromatic carbocycles. The highest BCUT2D eigenvalue weighted by Crippen LogP contribution is 2.33. The van der Waals surface area contributed by atoms with Crippen molar-refractivity contribution in [1.29, 1.82) is 0 Å². The number of carbonyl (C=O) groups is 2. The lowest BCUT2D eigenvalue weighted by Gasteiger charge is -2.35. The first-order chi connectivity index (χ1) is 21.8. The Morgan fingerprint density at radius 1 is 1.00 bits per heavy atom. The van der Waals surface area contributed by atoms with Crippen LogP contribution >= 0.6 is 0 Å². The molecule has 2 aliphatic rings. The van der Waals surface area contributed by atoms with Crippen LogP contribution in [0.15, 0.2) is 78.9 Å². The van der Waals surface area contributed by atoms with Gasteiger partial charge in [0.25, 0.3) is 5.91 Å². The highest BCUT2D eigenvalue weighted by Gasteiger charge is 2.30. The van der Waals surface area contributed by atoms with Crippen LogP contribution in [-0.2, 0) is 11.2 Å². The molecule has 1 saturated heterocycles. The van der Waals surface area contributed by atoms with Crippen LogP contribution in [0.4, 0.5) is 10.1 Å². The molecule has 0 unspecified atom stereocenters. The van der Waals surface area contributed by atoms with Crippen LogP contribution in [0.3, 0.4) is 0 Å². The van der Waals surface area contributed by atoms with Crippen LogP contribution in [0.5, 0.6) is 5.75 Å². The predicted octanol–water partition coefficient (Wildman–Crippen LogP) is 5.28. The first kappa shape index (κ1) is 28.5. The average Bonchev–Trinajstić information content (AvgIpc) is 3.73. The van der Waals surface area contributed by atoms with Gasteiger partial charge >= 0.3 is 0 Å². The van der Waals surface area contributed by atoms with E-state index in [0.29, 0.717) is 65.8 Å². The molecule has 5 aromatic rings. The standard InChI is InChI=1S/C35H33FN6O3/c1-21-27-6-4-3-5-22(27)14-16-41(21)35(44)31-18-32(23-7-10-26(45-2)11-8-23)42-33(38-31)19-30(39-42)28-12-9-25(17-29(28)36)40-15-13-24(20-40)34(37)43/h3-12,17-19,21,24H,13-16,20H2,1-2H3,(H2,37,43)/t21-,24+/m1/s1. The number of primary amides is 1. The minimum absolute atomic E-state index is 0.105. The Morgan fingerprint density at radius 2 is 1.80 bits per heavy atom. The lowest BCUT2D eigenvalue weighted by Crippen LogP contribution is -2.39. The zero-order chi connectivity index (χ0) is 31.2. The van der Waals surface area contributed by atoms with E-state index in [9.17, 15) is 9.59 Å². The normalized spacial score (nSPS) is 17.8. The summed E-state index contributed by atoms with van der Waals surface area (Å²) in [4.78, 5) is 34.2. The van der Waals surface area contributed by atoms with Gasteiger partial charge in [-0.15, -0.1) is 0 Å². The molecule has 228 valence electrons. The second-order valence-electron chi connectivity index (χ2n) is 11.7. The summed E-state index contributed by atoms with van der Waals surface area (Å²) in [6.07, 6.45) is 1.42. The number of hydrogen-bond acceptors (Lipinski definition) is 6. The molecular weight excluding hydrogens is 571 g/mol. The summed E-state index contributed by atoms with van der Waals surface area (Å²) in [5.41, 5.74) is 11.4. The fourth-order valence-corrected chi connectivity index (χ4v) is 6.51. The van der Waals surface area contributed by atoms with E-state index in [1.165, 1.54) is 11.6 Å². The van der Waals surface area contributed by atoms with E-state index in [0.717, 1.165) is 17.5 Å². The van der Waals surface area contributed by atoms with Crippen LogP contribution < -0.4 is 15.4 Å². The van der Waals surface area contributed by atoms with Gasteiger partial charge in [0, 0.05) is 42.5 Å². The highest BCUT2D eigenvalue weighted by molar-refractivity contribution is 5.94. The lowest BCUT2D eigenvalue weighted by atomic mass is 9.93. The van der Waals surface area contributed by atoms with E-state index in [-0.39, 0.29) is 23.8 Å². The maximum Gasteiger partial charge on any atom is 0.273 e. The largest absolute Gasteiger partial charge is 0.497 e. The summed E-state index contributed by atoms with van der Waals surface area (Å²) < 4.78 is 22.6. The Labute approximate surface area is 260 Å². The second kappa shape index (κ2) is 11.4. The van der Waals surface area contributed by atoms with E-state index in [1.54, 1.807) is 29.8 Å². The summed E-state index contributed by atoms with van der Waals surface area (Å²) in [7, 11) is 1.60. The Balaban J connectivity index is 1.28. The number of methoxy groups -OCH3 is 1. The molecule has 2 aliphatic heterocycles. The van der Waals surface area contributed by atoms with E-state index in [4.69, 9.17) is 20.6 Å². The number of ether oxygens (including phenoxy) is 1. The zero-order valence-corrected chi connectivity index (χ0v) is 25.1. The molecule has 9 nitrogen and oxygen atoms in total. The van der Waals surface area contributed by atoms with Crippen LogP contribution in [0.2, 0.25) is 0 Å². The first-order valence-corrected chi connectivity index (χ1v) is 15.1. The average molecular weight is 605 g/mol. The van der Waals surface area contributed by atoms with Gasteiger partial charge in [-0.1, -0.05) is 24.3 Å². The Kier molecular flexibility index (Phi) is 7.19. The third-order valence-electron chi connectivity index (χ3n) is 9.07. The van der Waals surface area contributed by atoms with Crippen molar-refractivity contribution < 1.29 is 18.7 Å². The number of halogens is 1. The smallest absolute Gasteiger partial charge is 0.273 e. The van der Waals surface area contributed by atoms with Crippen molar-refractivity contribution in [3.05, 3.63) is 102 Å². The predicted molar refractivity (Wildman–Crippen MR) is 169 cm³/mol. The van der Waals surface area contributed by atoms with Gasteiger partial charge in [0.2, 0.25) is 5.91 Å². The van der Waals surface area contributed by atoms with Gasteiger partial charge in [0.1, 0.15) is 17.3 Å². The number of benzene rings is 3. The van der Waals surface area contributed by atoms with Crippen molar-refractivity contribution in [2.24, 2.45) is 11.7 Å². The van der Waals surface area contributed by atoms with Crippen molar-refractivity contribution in [1.82, 2.24) is 19.5 Å². The van der Waals surface area contributed by atoms with E-state index in [2.05, 4.69) is 12.1 Å². The van der Waals surface area contributed by atoms with Crippen molar-refractivity contribution in [3.63, 3.8) is 0 Å². The number of carbonyl (C=O) groups excluding carboxylic acids is 2. The Bertz CT molecular complexity index is 1940. The maximum absolute atomic E-state index is 15.6. The van der Waals surface area contributed by atoms with Crippen LogP contribution in [0.25, 0.3) is 28.2 Å². The Hall–Kier alpha value is -5.25. The summed E-state index contributed by atoms with van der Waals surface area (Å²) in [5.74, 6) is -0.497. The van der Waals surface area contributed by atoms with Crippen molar-refractivity contribution in [2.45, 2.75) is 25.8 Å². The summed E-state index contributed by atoms with van der Waals surface area (Å²) in [6.45, 7) is 3.73. The molecule has 0 radical (unpaired) electrons. The number of fused-ring (bicyclic) bond motifs is 2. The number of hydrogen-bond donors (Lipinski definition) is 1. The van der Waals surface area contributed by atoms with Crippen LogP contribution in [0.1, 0.15) is 41.0 Å². The van der Waals surface area contributed by atoms with Gasteiger partial charge < -0.3 is 20.3 Å². The van der Waals surface area contributed by atoms with E-state index in [1.807, 2.05) is 59.2 Å². The molecule has 0 bridgehead atoms. The topological polar surface area (TPSA) is 106 Å². The molecule has 2 amide bonds. The minimum Gasteiger partial charge on any atom is -0.497 e. The zero-order valence-electron chi connectivity index (χ0n) is 25.1. The number of anilines is 1. The minimum atomic E-state index is -0.443. The highest BCUT2D eigenvalue weighted by atomic mass is 19.1. The van der Waals surface area contributed by atoms with Gasteiger partial charge in [-0.05, 0) is 79.4 Å². The number of amides is 2. The van der Waals surface area contributed by atoms with Crippen LogP contribution in [0, 0.1) is 11.7 Å². The molecule has 4 heterocycles.